The van der Waals surface area contributed by atoms with Crippen LogP contribution in [0, 0.1) is 5.82 Å². The largest absolute Gasteiger partial charge is 0.508 e. The van der Waals surface area contributed by atoms with Crippen molar-refractivity contribution in [2.45, 2.75) is 19.3 Å². The highest BCUT2D eigenvalue weighted by Gasteiger charge is 2.11. The van der Waals surface area contributed by atoms with E-state index in [2.05, 4.69) is 0 Å². The molecule has 0 radical (unpaired) electrons. The fourth-order valence-corrected chi connectivity index (χ4v) is 1.26. The molecule has 0 bridgehead atoms. The van der Waals surface area contributed by atoms with Gasteiger partial charge in [0, 0.05) is 6.07 Å². The van der Waals surface area contributed by atoms with Crippen molar-refractivity contribution < 1.29 is 19.4 Å². The summed E-state index contributed by atoms with van der Waals surface area (Å²) >= 11 is 0. The Balaban J connectivity index is 2.89. The van der Waals surface area contributed by atoms with Crippen molar-refractivity contribution in [1.82, 2.24) is 0 Å². The number of hydrogen-bond acceptors (Lipinski definition) is 2. The summed E-state index contributed by atoms with van der Waals surface area (Å²) in [6.45, 7) is 1.67. The second-order valence-electron chi connectivity index (χ2n) is 3.24. The Morgan fingerprint density at radius 2 is 2.14 bits per heavy atom. The number of aliphatic carboxylic acids is 1. The van der Waals surface area contributed by atoms with Crippen molar-refractivity contribution in [3.63, 3.8) is 0 Å². The third-order valence-electron chi connectivity index (χ3n) is 1.95. The Hall–Kier alpha value is -1.58. The number of carboxylic acid groups (broad SMARTS) is 1. The monoisotopic (exact) mass is 198 g/mol. The van der Waals surface area contributed by atoms with Crippen LogP contribution in [0.3, 0.4) is 0 Å². The zero-order chi connectivity index (χ0) is 10.7. The summed E-state index contributed by atoms with van der Waals surface area (Å²) in [6, 6.07) is 3.58. The van der Waals surface area contributed by atoms with E-state index in [1.165, 1.54) is 12.1 Å². The van der Waals surface area contributed by atoms with Gasteiger partial charge in [0.25, 0.3) is 0 Å². The van der Waals surface area contributed by atoms with Crippen LogP contribution >= 0.6 is 0 Å². The van der Waals surface area contributed by atoms with E-state index in [-0.39, 0.29) is 18.1 Å². The molecule has 76 valence electrons. The van der Waals surface area contributed by atoms with Crippen LogP contribution < -0.4 is 0 Å². The van der Waals surface area contributed by atoms with Gasteiger partial charge in [0.1, 0.15) is 11.6 Å². The molecule has 0 saturated heterocycles. The van der Waals surface area contributed by atoms with Gasteiger partial charge < -0.3 is 10.2 Å². The molecule has 0 aliphatic rings. The predicted molar refractivity (Wildman–Crippen MR) is 48.7 cm³/mol. The van der Waals surface area contributed by atoms with Gasteiger partial charge in [-0.05, 0) is 23.6 Å². The zero-order valence-corrected chi connectivity index (χ0v) is 7.70. The molecule has 0 aliphatic carbocycles. The van der Waals surface area contributed by atoms with Crippen molar-refractivity contribution >= 4 is 5.97 Å². The first kappa shape index (κ1) is 10.5. The standard InChI is InChI=1S/C10H11FO3/c1-6(2-10(13)14)7-3-8(11)5-9(12)4-7/h3-6,12H,2H2,1H3,(H,13,14). The molecule has 0 aliphatic heterocycles. The number of halogens is 1. The Morgan fingerprint density at radius 3 is 2.64 bits per heavy atom. The summed E-state index contributed by atoms with van der Waals surface area (Å²) in [5.74, 6) is -2.00. The maximum absolute atomic E-state index is 12.8. The van der Waals surface area contributed by atoms with Crippen LogP contribution in [-0.4, -0.2) is 16.2 Å². The first-order valence-corrected chi connectivity index (χ1v) is 4.20. The minimum Gasteiger partial charge on any atom is -0.508 e. The van der Waals surface area contributed by atoms with Gasteiger partial charge in [0.05, 0.1) is 6.42 Å². The molecule has 1 atom stereocenters. The molecule has 3 nitrogen and oxygen atoms in total. The SMILES string of the molecule is CC(CC(=O)O)c1cc(O)cc(F)c1. The first-order valence-electron chi connectivity index (χ1n) is 4.20. The highest BCUT2D eigenvalue weighted by molar-refractivity contribution is 5.68. The minimum absolute atomic E-state index is 0.0805. The average molecular weight is 198 g/mol. The average Bonchev–Trinajstić information content (AvgIpc) is 2.00. The number of benzene rings is 1. The van der Waals surface area contributed by atoms with Crippen LogP contribution in [0.5, 0.6) is 5.75 Å². The number of hydrogen-bond donors (Lipinski definition) is 2. The lowest BCUT2D eigenvalue weighted by atomic mass is 9.97. The molecule has 0 amide bonds. The highest BCUT2D eigenvalue weighted by atomic mass is 19.1. The number of phenolic OH excluding ortho intramolecular Hbond substituents is 1. The molecule has 0 spiro atoms. The molecule has 0 fully saturated rings. The van der Waals surface area contributed by atoms with Crippen LogP contribution in [0.15, 0.2) is 18.2 Å². The zero-order valence-electron chi connectivity index (χ0n) is 7.70. The summed E-state index contributed by atoms with van der Waals surface area (Å²) in [4.78, 5) is 10.4. The summed E-state index contributed by atoms with van der Waals surface area (Å²) in [6.07, 6.45) is -0.0805. The van der Waals surface area contributed by atoms with Gasteiger partial charge in [-0.3, -0.25) is 4.79 Å². The van der Waals surface area contributed by atoms with Gasteiger partial charge >= 0.3 is 5.97 Å². The van der Waals surface area contributed by atoms with Crippen LogP contribution in [0.4, 0.5) is 4.39 Å². The molecule has 2 N–H and O–H groups in total. The van der Waals surface area contributed by atoms with Gasteiger partial charge in [-0.25, -0.2) is 4.39 Å². The maximum atomic E-state index is 12.8. The minimum atomic E-state index is -0.943. The third-order valence-corrected chi connectivity index (χ3v) is 1.95. The van der Waals surface area contributed by atoms with Gasteiger partial charge in [-0.15, -0.1) is 0 Å². The van der Waals surface area contributed by atoms with E-state index in [9.17, 15) is 9.18 Å². The molecule has 4 heteroatoms. The molecule has 1 aromatic carbocycles. The summed E-state index contributed by atoms with van der Waals surface area (Å²) in [5, 5.41) is 17.6. The van der Waals surface area contributed by atoms with Crippen molar-refractivity contribution in [3.8, 4) is 5.75 Å². The molecule has 1 rings (SSSR count). The quantitative estimate of drug-likeness (QED) is 0.782. The fraction of sp³-hybridized carbons (Fsp3) is 0.300. The van der Waals surface area contributed by atoms with Crippen molar-refractivity contribution in [2.24, 2.45) is 0 Å². The van der Waals surface area contributed by atoms with Crippen molar-refractivity contribution in [3.05, 3.63) is 29.6 Å². The molecule has 0 heterocycles. The molecule has 14 heavy (non-hydrogen) atoms. The van der Waals surface area contributed by atoms with Crippen LogP contribution in [0.25, 0.3) is 0 Å². The van der Waals surface area contributed by atoms with Gasteiger partial charge in [0.15, 0.2) is 0 Å². The Labute approximate surface area is 80.8 Å². The highest BCUT2D eigenvalue weighted by Crippen LogP contribution is 2.24. The summed E-state index contributed by atoms with van der Waals surface area (Å²) < 4.78 is 12.8. The van der Waals surface area contributed by atoms with Crippen molar-refractivity contribution in [1.29, 1.82) is 0 Å². The van der Waals surface area contributed by atoms with Crippen LogP contribution in [0.1, 0.15) is 24.8 Å². The van der Waals surface area contributed by atoms with E-state index in [4.69, 9.17) is 10.2 Å². The number of carboxylic acids is 1. The van der Waals surface area contributed by atoms with Gasteiger partial charge in [-0.2, -0.15) is 0 Å². The lowest BCUT2D eigenvalue weighted by Gasteiger charge is -2.09. The lowest BCUT2D eigenvalue weighted by Crippen LogP contribution is -2.03. The number of carbonyl (C=O) groups is 1. The number of phenols is 1. The summed E-state index contributed by atoms with van der Waals surface area (Å²) in [7, 11) is 0. The lowest BCUT2D eigenvalue weighted by molar-refractivity contribution is -0.137. The van der Waals surface area contributed by atoms with E-state index < -0.39 is 11.8 Å². The van der Waals surface area contributed by atoms with E-state index in [0.717, 1.165) is 6.07 Å². The molecular formula is C10H11FO3. The molecule has 0 saturated carbocycles. The normalized spacial score (nSPS) is 12.4. The fourth-order valence-electron chi connectivity index (χ4n) is 1.26. The third kappa shape index (κ3) is 2.73. The molecule has 1 aromatic rings. The van der Waals surface area contributed by atoms with Crippen LogP contribution in [-0.2, 0) is 4.79 Å². The first-order chi connectivity index (χ1) is 6.49. The van der Waals surface area contributed by atoms with Gasteiger partial charge in [0.2, 0.25) is 0 Å². The van der Waals surface area contributed by atoms with E-state index in [0.29, 0.717) is 5.56 Å². The smallest absolute Gasteiger partial charge is 0.303 e. The second-order valence-corrected chi connectivity index (χ2v) is 3.24. The predicted octanol–water partition coefficient (Wildman–Crippen LogP) is 2.11. The Kier molecular flexibility index (Phi) is 3.06. The topological polar surface area (TPSA) is 57.5 Å². The van der Waals surface area contributed by atoms with Crippen LogP contribution in [0.2, 0.25) is 0 Å². The molecule has 1 unspecified atom stereocenters. The Bertz CT molecular complexity index is 329. The Morgan fingerprint density at radius 1 is 1.50 bits per heavy atom. The molecule has 0 aromatic heterocycles. The molecular weight excluding hydrogens is 187 g/mol. The number of rotatable bonds is 3. The van der Waals surface area contributed by atoms with E-state index in [1.807, 2.05) is 0 Å². The summed E-state index contributed by atoms with van der Waals surface area (Å²) in [5.41, 5.74) is 0.491. The second kappa shape index (κ2) is 4.09. The number of aromatic hydroxyl groups is 1. The maximum Gasteiger partial charge on any atom is 0.303 e. The van der Waals surface area contributed by atoms with Crippen molar-refractivity contribution in [2.75, 3.05) is 0 Å². The van der Waals surface area contributed by atoms with E-state index >= 15 is 0 Å². The van der Waals surface area contributed by atoms with Gasteiger partial charge in [-0.1, -0.05) is 6.92 Å². The van der Waals surface area contributed by atoms with E-state index in [1.54, 1.807) is 6.92 Å².